The van der Waals surface area contributed by atoms with Gasteiger partial charge in [0.2, 0.25) is 0 Å². The van der Waals surface area contributed by atoms with Gasteiger partial charge in [0.1, 0.15) is 12.4 Å². The quantitative estimate of drug-likeness (QED) is 0.833. The van der Waals surface area contributed by atoms with Crippen LogP contribution in [-0.4, -0.2) is 44.4 Å². The number of rotatable bonds is 4. The van der Waals surface area contributed by atoms with Crippen LogP contribution in [0.25, 0.3) is 0 Å². The standard InChI is InChI=1S/C16H25NO2/c1-16(2,3)14-6-4-5-7-15(14)19-13-10-17-8-11-18-12-9-17/h4-7H,8-13H2,1-3H3. The van der Waals surface area contributed by atoms with Crippen LogP contribution in [0.1, 0.15) is 26.3 Å². The summed E-state index contributed by atoms with van der Waals surface area (Å²) in [6.07, 6.45) is 0. The van der Waals surface area contributed by atoms with E-state index in [-0.39, 0.29) is 5.41 Å². The first-order chi connectivity index (χ1) is 9.07. The van der Waals surface area contributed by atoms with Gasteiger partial charge in [-0.3, -0.25) is 4.90 Å². The third kappa shape index (κ3) is 4.22. The Morgan fingerprint density at radius 1 is 1.16 bits per heavy atom. The fraction of sp³-hybridized carbons (Fsp3) is 0.625. The number of benzene rings is 1. The number of nitrogens with zero attached hydrogens (tertiary/aromatic N) is 1. The normalized spacial score (nSPS) is 17.4. The summed E-state index contributed by atoms with van der Waals surface area (Å²) in [5.74, 6) is 1.02. The first-order valence-electron chi connectivity index (χ1n) is 7.10. The Hall–Kier alpha value is -1.06. The monoisotopic (exact) mass is 263 g/mol. The van der Waals surface area contributed by atoms with Crippen LogP contribution in [0.15, 0.2) is 24.3 Å². The van der Waals surface area contributed by atoms with E-state index in [0.717, 1.165) is 45.2 Å². The smallest absolute Gasteiger partial charge is 0.123 e. The van der Waals surface area contributed by atoms with Crippen LogP contribution >= 0.6 is 0 Å². The van der Waals surface area contributed by atoms with Crippen molar-refractivity contribution in [2.45, 2.75) is 26.2 Å². The summed E-state index contributed by atoms with van der Waals surface area (Å²) in [7, 11) is 0. The molecule has 3 heteroatoms. The van der Waals surface area contributed by atoms with E-state index in [4.69, 9.17) is 9.47 Å². The first kappa shape index (κ1) is 14.4. The summed E-state index contributed by atoms with van der Waals surface area (Å²) >= 11 is 0. The molecular formula is C16H25NO2. The zero-order valence-electron chi connectivity index (χ0n) is 12.3. The van der Waals surface area contributed by atoms with E-state index in [1.54, 1.807) is 0 Å². The Balaban J connectivity index is 1.88. The van der Waals surface area contributed by atoms with Gasteiger partial charge in [0.15, 0.2) is 0 Å². The summed E-state index contributed by atoms with van der Waals surface area (Å²) < 4.78 is 11.3. The number of hydrogen-bond acceptors (Lipinski definition) is 3. The molecule has 1 aromatic rings. The second-order valence-corrected chi connectivity index (χ2v) is 6.05. The van der Waals surface area contributed by atoms with Crippen LogP contribution in [-0.2, 0) is 10.2 Å². The zero-order valence-corrected chi connectivity index (χ0v) is 12.3. The second kappa shape index (κ2) is 6.40. The molecule has 1 heterocycles. The Bertz CT molecular complexity index is 392. The van der Waals surface area contributed by atoms with Gasteiger partial charge < -0.3 is 9.47 Å². The highest BCUT2D eigenvalue weighted by Gasteiger charge is 2.18. The van der Waals surface area contributed by atoms with E-state index in [9.17, 15) is 0 Å². The lowest BCUT2D eigenvalue weighted by Gasteiger charge is -2.27. The lowest BCUT2D eigenvalue weighted by atomic mass is 9.86. The molecule has 0 unspecified atom stereocenters. The molecule has 1 saturated heterocycles. The molecule has 1 fully saturated rings. The molecule has 0 atom stereocenters. The topological polar surface area (TPSA) is 21.7 Å². The number of para-hydroxylation sites is 1. The highest BCUT2D eigenvalue weighted by molar-refractivity contribution is 5.38. The Morgan fingerprint density at radius 2 is 1.84 bits per heavy atom. The van der Waals surface area contributed by atoms with E-state index < -0.39 is 0 Å². The van der Waals surface area contributed by atoms with Gasteiger partial charge in [-0.15, -0.1) is 0 Å². The fourth-order valence-corrected chi connectivity index (χ4v) is 2.32. The van der Waals surface area contributed by atoms with Gasteiger partial charge in [0.05, 0.1) is 13.2 Å². The third-order valence-electron chi connectivity index (χ3n) is 3.46. The minimum absolute atomic E-state index is 0.121. The van der Waals surface area contributed by atoms with Crippen molar-refractivity contribution in [1.29, 1.82) is 0 Å². The Kier molecular flexibility index (Phi) is 4.83. The SMILES string of the molecule is CC(C)(C)c1ccccc1OCCN1CCOCC1. The van der Waals surface area contributed by atoms with Gasteiger partial charge >= 0.3 is 0 Å². The average Bonchev–Trinajstić information content (AvgIpc) is 2.39. The van der Waals surface area contributed by atoms with Crippen LogP contribution in [0.4, 0.5) is 0 Å². The molecule has 0 amide bonds. The van der Waals surface area contributed by atoms with Crippen LogP contribution in [0.3, 0.4) is 0 Å². The molecule has 0 aromatic heterocycles. The highest BCUT2D eigenvalue weighted by atomic mass is 16.5. The van der Waals surface area contributed by atoms with Crippen molar-refractivity contribution < 1.29 is 9.47 Å². The molecule has 1 aliphatic heterocycles. The van der Waals surface area contributed by atoms with Crippen molar-refractivity contribution >= 4 is 0 Å². The molecule has 0 spiro atoms. The summed E-state index contributed by atoms with van der Waals surface area (Å²) in [6, 6.07) is 8.35. The molecule has 0 radical (unpaired) electrons. The molecule has 0 N–H and O–H groups in total. The highest BCUT2D eigenvalue weighted by Crippen LogP contribution is 2.30. The van der Waals surface area contributed by atoms with Crippen LogP contribution < -0.4 is 4.74 Å². The van der Waals surface area contributed by atoms with Crippen molar-refractivity contribution in [3.05, 3.63) is 29.8 Å². The maximum absolute atomic E-state index is 5.98. The molecule has 0 aliphatic carbocycles. The van der Waals surface area contributed by atoms with Gasteiger partial charge in [0, 0.05) is 19.6 Å². The largest absolute Gasteiger partial charge is 0.492 e. The van der Waals surface area contributed by atoms with Crippen LogP contribution in [0.2, 0.25) is 0 Å². The molecular weight excluding hydrogens is 238 g/mol. The molecule has 1 aliphatic rings. The lowest BCUT2D eigenvalue weighted by molar-refractivity contribution is 0.0321. The molecule has 19 heavy (non-hydrogen) atoms. The van der Waals surface area contributed by atoms with Crippen molar-refractivity contribution in [2.75, 3.05) is 39.5 Å². The van der Waals surface area contributed by atoms with E-state index >= 15 is 0 Å². The van der Waals surface area contributed by atoms with Gasteiger partial charge in [0.25, 0.3) is 0 Å². The van der Waals surface area contributed by atoms with Gasteiger partial charge in [-0.2, -0.15) is 0 Å². The van der Waals surface area contributed by atoms with Gasteiger partial charge in [-0.05, 0) is 17.0 Å². The summed E-state index contributed by atoms with van der Waals surface area (Å²) in [5.41, 5.74) is 1.40. The van der Waals surface area contributed by atoms with Crippen LogP contribution in [0, 0.1) is 0 Å². The molecule has 2 rings (SSSR count). The van der Waals surface area contributed by atoms with Gasteiger partial charge in [-0.25, -0.2) is 0 Å². The number of ether oxygens (including phenoxy) is 2. The van der Waals surface area contributed by atoms with E-state index in [1.165, 1.54) is 5.56 Å². The summed E-state index contributed by atoms with van der Waals surface area (Å²) in [5, 5.41) is 0. The zero-order chi connectivity index (χ0) is 13.7. The van der Waals surface area contributed by atoms with E-state index in [2.05, 4.69) is 43.9 Å². The Morgan fingerprint density at radius 3 is 2.53 bits per heavy atom. The van der Waals surface area contributed by atoms with Crippen molar-refractivity contribution in [2.24, 2.45) is 0 Å². The first-order valence-corrected chi connectivity index (χ1v) is 7.10. The predicted molar refractivity (Wildman–Crippen MR) is 77.9 cm³/mol. The maximum atomic E-state index is 5.98. The van der Waals surface area contributed by atoms with Crippen molar-refractivity contribution in [3.8, 4) is 5.75 Å². The average molecular weight is 263 g/mol. The molecule has 1 aromatic carbocycles. The number of morpholine rings is 1. The minimum Gasteiger partial charge on any atom is -0.492 e. The molecule has 106 valence electrons. The molecule has 3 nitrogen and oxygen atoms in total. The maximum Gasteiger partial charge on any atom is 0.123 e. The second-order valence-electron chi connectivity index (χ2n) is 6.05. The van der Waals surface area contributed by atoms with Crippen molar-refractivity contribution in [1.82, 2.24) is 4.90 Å². The minimum atomic E-state index is 0.121. The summed E-state index contributed by atoms with van der Waals surface area (Å²) in [4.78, 5) is 2.39. The number of hydrogen-bond donors (Lipinski definition) is 0. The lowest BCUT2D eigenvalue weighted by Crippen LogP contribution is -2.38. The molecule has 0 saturated carbocycles. The fourth-order valence-electron chi connectivity index (χ4n) is 2.32. The predicted octanol–water partition coefficient (Wildman–Crippen LogP) is 2.70. The third-order valence-corrected chi connectivity index (χ3v) is 3.46. The molecule has 0 bridgehead atoms. The van der Waals surface area contributed by atoms with E-state index in [0.29, 0.717) is 0 Å². The van der Waals surface area contributed by atoms with Gasteiger partial charge in [-0.1, -0.05) is 39.0 Å². The van der Waals surface area contributed by atoms with Crippen molar-refractivity contribution in [3.63, 3.8) is 0 Å². The summed E-state index contributed by atoms with van der Waals surface area (Å²) in [6.45, 7) is 12.1. The van der Waals surface area contributed by atoms with Crippen LogP contribution in [0.5, 0.6) is 5.75 Å². The Labute approximate surface area is 116 Å². The van der Waals surface area contributed by atoms with E-state index in [1.807, 2.05) is 6.07 Å².